The Balaban J connectivity index is 1.58. The lowest BCUT2D eigenvalue weighted by Gasteiger charge is -2.12. The summed E-state index contributed by atoms with van der Waals surface area (Å²) in [6.07, 6.45) is 0.715. The Labute approximate surface area is 182 Å². The summed E-state index contributed by atoms with van der Waals surface area (Å²) >= 11 is 7.33. The fourth-order valence-electron chi connectivity index (χ4n) is 2.97. The highest BCUT2D eigenvalue weighted by molar-refractivity contribution is 7.98. The SMILES string of the molecule is COCCCn1c(SCc2noc(-c3ccc(Cl)cc3)n2)nc2ccccc2c1=O. The molecule has 4 rings (SSSR count). The van der Waals surface area contributed by atoms with Gasteiger partial charge in [0.25, 0.3) is 11.4 Å². The predicted molar refractivity (Wildman–Crippen MR) is 117 cm³/mol. The molecule has 0 saturated carbocycles. The zero-order valence-corrected chi connectivity index (χ0v) is 17.8. The molecular formula is C21H19ClN4O3S. The number of ether oxygens (including phenoxy) is 1. The second-order valence-corrected chi connectivity index (χ2v) is 7.90. The Kier molecular flexibility index (Phi) is 6.47. The molecule has 30 heavy (non-hydrogen) atoms. The summed E-state index contributed by atoms with van der Waals surface area (Å²) in [7, 11) is 1.64. The van der Waals surface area contributed by atoms with Crippen molar-refractivity contribution in [2.24, 2.45) is 0 Å². The van der Waals surface area contributed by atoms with E-state index in [-0.39, 0.29) is 5.56 Å². The second kappa shape index (κ2) is 9.42. The number of hydrogen-bond donors (Lipinski definition) is 0. The lowest BCUT2D eigenvalue weighted by atomic mass is 10.2. The molecule has 0 aliphatic rings. The molecule has 0 N–H and O–H groups in total. The van der Waals surface area contributed by atoms with Gasteiger partial charge in [-0.1, -0.05) is 40.7 Å². The maximum atomic E-state index is 13.0. The van der Waals surface area contributed by atoms with Gasteiger partial charge in [0.1, 0.15) is 0 Å². The molecule has 0 spiro atoms. The smallest absolute Gasteiger partial charge is 0.262 e. The van der Waals surface area contributed by atoms with E-state index in [9.17, 15) is 4.79 Å². The molecule has 0 amide bonds. The maximum Gasteiger partial charge on any atom is 0.262 e. The number of para-hydroxylation sites is 1. The van der Waals surface area contributed by atoms with Gasteiger partial charge >= 0.3 is 0 Å². The molecule has 0 aliphatic heterocycles. The van der Waals surface area contributed by atoms with Crippen molar-refractivity contribution in [1.29, 1.82) is 0 Å². The van der Waals surface area contributed by atoms with E-state index in [0.29, 0.717) is 58.1 Å². The molecule has 0 unspecified atom stereocenters. The fourth-order valence-corrected chi connectivity index (χ4v) is 3.97. The number of fused-ring (bicyclic) bond motifs is 1. The molecule has 7 nitrogen and oxygen atoms in total. The molecule has 0 aliphatic carbocycles. The molecule has 0 radical (unpaired) electrons. The van der Waals surface area contributed by atoms with E-state index >= 15 is 0 Å². The number of nitrogens with zero attached hydrogens (tertiary/aromatic N) is 4. The van der Waals surface area contributed by atoms with Crippen LogP contribution in [0.25, 0.3) is 22.4 Å². The van der Waals surface area contributed by atoms with E-state index in [1.54, 1.807) is 29.9 Å². The van der Waals surface area contributed by atoms with E-state index in [1.165, 1.54) is 11.8 Å². The quantitative estimate of drug-likeness (QED) is 0.227. The summed E-state index contributed by atoms with van der Waals surface area (Å²) in [5, 5.41) is 5.91. The fraction of sp³-hybridized carbons (Fsp3) is 0.238. The monoisotopic (exact) mass is 442 g/mol. The van der Waals surface area contributed by atoms with Gasteiger partial charge in [0, 0.05) is 30.8 Å². The van der Waals surface area contributed by atoms with Gasteiger partial charge in [-0.2, -0.15) is 4.98 Å². The summed E-state index contributed by atoms with van der Waals surface area (Å²) in [6.45, 7) is 1.09. The molecule has 0 fully saturated rings. The van der Waals surface area contributed by atoms with Crippen molar-refractivity contribution in [1.82, 2.24) is 19.7 Å². The molecule has 154 valence electrons. The first-order chi connectivity index (χ1) is 14.7. The van der Waals surface area contributed by atoms with E-state index in [1.807, 2.05) is 30.3 Å². The summed E-state index contributed by atoms with van der Waals surface area (Å²) in [6, 6.07) is 14.5. The van der Waals surface area contributed by atoms with Crippen molar-refractivity contribution in [3.63, 3.8) is 0 Å². The molecule has 0 saturated heterocycles. The Morgan fingerprint density at radius 1 is 1.13 bits per heavy atom. The summed E-state index contributed by atoms with van der Waals surface area (Å²) in [5.41, 5.74) is 1.40. The van der Waals surface area contributed by atoms with Crippen molar-refractivity contribution in [3.05, 3.63) is 69.7 Å². The normalized spacial score (nSPS) is 11.3. The van der Waals surface area contributed by atoms with Crippen LogP contribution in [-0.2, 0) is 17.0 Å². The first-order valence-corrected chi connectivity index (χ1v) is 10.7. The Morgan fingerprint density at radius 3 is 2.73 bits per heavy atom. The summed E-state index contributed by atoms with van der Waals surface area (Å²) < 4.78 is 12.2. The molecule has 2 aromatic carbocycles. The molecule has 9 heteroatoms. The van der Waals surface area contributed by atoms with Gasteiger partial charge in [-0.05, 0) is 42.8 Å². The van der Waals surface area contributed by atoms with Crippen molar-refractivity contribution in [3.8, 4) is 11.5 Å². The number of aromatic nitrogens is 4. The standard InChI is InChI=1S/C21H19ClN4O3S/c1-28-12-4-11-26-20(27)16-5-2-3-6-17(16)23-21(26)30-13-18-24-19(29-25-18)14-7-9-15(22)10-8-14/h2-3,5-10H,4,11-13H2,1H3. The van der Waals surface area contributed by atoms with Crippen LogP contribution >= 0.6 is 23.4 Å². The zero-order valence-electron chi connectivity index (χ0n) is 16.2. The minimum atomic E-state index is -0.0610. The highest BCUT2D eigenvalue weighted by Gasteiger charge is 2.14. The lowest BCUT2D eigenvalue weighted by Crippen LogP contribution is -2.24. The van der Waals surface area contributed by atoms with Gasteiger partial charge in [-0.3, -0.25) is 9.36 Å². The number of rotatable bonds is 8. The zero-order chi connectivity index (χ0) is 20.9. The maximum absolute atomic E-state index is 13.0. The Bertz CT molecular complexity index is 1210. The van der Waals surface area contributed by atoms with Crippen molar-refractivity contribution >= 4 is 34.3 Å². The Morgan fingerprint density at radius 2 is 1.93 bits per heavy atom. The molecule has 0 bridgehead atoms. The average molecular weight is 443 g/mol. The van der Waals surface area contributed by atoms with Gasteiger partial charge in [0.05, 0.1) is 16.7 Å². The highest BCUT2D eigenvalue weighted by atomic mass is 35.5. The van der Waals surface area contributed by atoms with Crippen LogP contribution in [0.4, 0.5) is 0 Å². The minimum Gasteiger partial charge on any atom is -0.385 e. The van der Waals surface area contributed by atoms with Crippen LogP contribution in [0, 0.1) is 0 Å². The first kappa shape index (κ1) is 20.6. The lowest BCUT2D eigenvalue weighted by molar-refractivity contribution is 0.189. The van der Waals surface area contributed by atoms with Crippen LogP contribution < -0.4 is 5.56 Å². The number of benzene rings is 2. The third-order valence-corrected chi connectivity index (χ3v) is 5.67. The molecule has 0 atom stereocenters. The van der Waals surface area contributed by atoms with Gasteiger partial charge in [-0.25, -0.2) is 4.98 Å². The molecule has 2 heterocycles. The van der Waals surface area contributed by atoms with Crippen molar-refractivity contribution in [2.75, 3.05) is 13.7 Å². The molecular weight excluding hydrogens is 424 g/mol. The second-order valence-electron chi connectivity index (χ2n) is 6.53. The van der Waals surface area contributed by atoms with Gasteiger partial charge in [0.15, 0.2) is 11.0 Å². The predicted octanol–water partition coefficient (Wildman–Crippen LogP) is 4.43. The third-order valence-electron chi connectivity index (χ3n) is 4.45. The van der Waals surface area contributed by atoms with Crippen LogP contribution in [0.3, 0.4) is 0 Å². The van der Waals surface area contributed by atoms with Crippen LogP contribution in [0.5, 0.6) is 0 Å². The summed E-state index contributed by atoms with van der Waals surface area (Å²) in [4.78, 5) is 22.1. The minimum absolute atomic E-state index is 0.0610. The highest BCUT2D eigenvalue weighted by Crippen LogP contribution is 2.24. The van der Waals surface area contributed by atoms with E-state index < -0.39 is 0 Å². The van der Waals surface area contributed by atoms with Crippen LogP contribution in [0.1, 0.15) is 12.2 Å². The summed E-state index contributed by atoms with van der Waals surface area (Å²) in [5.74, 6) is 1.37. The topological polar surface area (TPSA) is 83.0 Å². The Hall–Kier alpha value is -2.68. The average Bonchev–Trinajstić information content (AvgIpc) is 3.24. The largest absolute Gasteiger partial charge is 0.385 e. The van der Waals surface area contributed by atoms with Gasteiger partial charge < -0.3 is 9.26 Å². The number of methoxy groups -OCH3 is 1. The van der Waals surface area contributed by atoms with E-state index in [0.717, 1.165) is 5.56 Å². The van der Waals surface area contributed by atoms with Crippen LogP contribution in [0.2, 0.25) is 5.02 Å². The number of thioether (sulfide) groups is 1. The van der Waals surface area contributed by atoms with Crippen molar-refractivity contribution in [2.45, 2.75) is 23.9 Å². The van der Waals surface area contributed by atoms with Gasteiger partial charge in [0.2, 0.25) is 0 Å². The molecule has 2 aromatic heterocycles. The first-order valence-electron chi connectivity index (χ1n) is 9.35. The van der Waals surface area contributed by atoms with Crippen LogP contribution in [-0.4, -0.2) is 33.4 Å². The van der Waals surface area contributed by atoms with E-state index in [2.05, 4.69) is 15.1 Å². The number of halogens is 1. The van der Waals surface area contributed by atoms with Gasteiger partial charge in [-0.15, -0.1) is 0 Å². The van der Waals surface area contributed by atoms with Crippen LogP contribution in [0.15, 0.2) is 63.0 Å². The van der Waals surface area contributed by atoms with E-state index in [4.69, 9.17) is 20.9 Å². The third kappa shape index (κ3) is 4.56. The number of hydrogen-bond acceptors (Lipinski definition) is 7. The molecule has 4 aromatic rings. The van der Waals surface area contributed by atoms with Crippen molar-refractivity contribution < 1.29 is 9.26 Å².